The van der Waals surface area contributed by atoms with E-state index in [0.29, 0.717) is 0 Å². The lowest BCUT2D eigenvalue weighted by Gasteiger charge is -2.07. The van der Waals surface area contributed by atoms with Crippen LogP contribution < -0.4 is 0 Å². The van der Waals surface area contributed by atoms with E-state index < -0.39 is 0 Å². The van der Waals surface area contributed by atoms with Crippen molar-refractivity contribution in [2.45, 2.75) is 13.3 Å². The van der Waals surface area contributed by atoms with Gasteiger partial charge in [-0.3, -0.25) is 9.98 Å². The van der Waals surface area contributed by atoms with Crippen molar-refractivity contribution in [3.05, 3.63) is 30.1 Å². The van der Waals surface area contributed by atoms with E-state index in [4.69, 9.17) is 0 Å². The van der Waals surface area contributed by atoms with Gasteiger partial charge in [-0.05, 0) is 46.1 Å². The molecular formula is C12H19N3. The normalized spacial score (nSPS) is 12.1. The van der Waals surface area contributed by atoms with Gasteiger partial charge in [0.25, 0.3) is 0 Å². The molecule has 0 radical (unpaired) electrons. The predicted octanol–water partition coefficient (Wildman–Crippen LogP) is 1.84. The topological polar surface area (TPSA) is 28.5 Å². The Morgan fingerprint density at radius 1 is 1.40 bits per heavy atom. The van der Waals surface area contributed by atoms with Gasteiger partial charge in [0.15, 0.2) is 0 Å². The zero-order chi connectivity index (χ0) is 11.1. The van der Waals surface area contributed by atoms with E-state index in [2.05, 4.69) is 29.0 Å². The van der Waals surface area contributed by atoms with Crippen LogP contribution in [0, 0.1) is 0 Å². The summed E-state index contributed by atoms with van der Waals surface area (Å²) in [4.78, 5) is 10.9. The molecule has 0 fully saturated rings. The SMILES string of the molecule is CC(=NCCCN(C)C)c1ccccn1. The van der Waals surface area contributed by atoms with Crippen LogP contribution in [-0.2, 0) is 0 Å². The highest BCUT2D eigenvalue weighted by molar-refractivity contribution is 5.96. The molecule has 1 heterocycles. The fourth-order valence-electron chi connectivity index (χ4n) is 1.29. The minimum absolute atomic E-state index is 0.876. The van der Waals surface area contributed by atoms with Crippen molar-refractivity contribution in [2.75, 3.05) is 27.2 Å². The third-order valence-electron chi connectivity index (χ3n) is 2.15. The first-order valence-corrected chi connectivity index (χ1v) is 5.27. The van der Waals surface area contributed by atoms with Gasteiger partial charge in [0, 0.05) is 12.7 Å². The molecule has 0 aromatic carbocycles. The Hall–Kier alpha value is -1.22. The van der Waals surface area contributed by atoms with E-state index in [9.17, 15) is 0 Å². The van der Waals surface area contributed by atoms with Gasteiger partial charge in [0.05, 0.1) is 11.4 Å². The predicted molar refractivity (Wildman–Crippen MR) is 64.5 cm³/mol. The number of aromatic nitrogens is 1. The lowest BCUT2D eigenvalue weighted by atomic mass is 10.2. The molecule has 0 amide bonds. The summed E-state index contributed by atoms with van der Waals surface area (Å²) in [5.41, 5.74) is 2.00. The third kappa shape index (κ3) is 4.70. The van der Waals surface area contributed by atoms with Crippen LogP contribution in [0.15, 0.2) is 29.4 Å². The number of rotatable bonds is 5. The molecule has 1 aromatic heterocycles. The molecule has 1 rings (SSSR count). The van der Waals surface area contributed by atoms with Crippen molar-refractivity contribution >= 4 is 5.71 Å². The second kappa shape index (κ2) is 6.30. The van der Waals surface area contributed by atoms with Gasteiger partial charge < -0.3 is 4.90 Å². The zero-order valence-corrected chi connectivity index (χ0v) is 9.77. The molecule has 0 unspecified atom stereocenters. The van der Waals surface area contributed by atoms with Crippen molar-refractivity contribution in [3.63, 3.8) is 0 Å². The van der Waals surface area contributed by atoms with Crippen LogP contribution in [0.4, 0.5) is 0 Å². The first-order valence-electron chi connectivity index (χ1n) is 5.27. The molecule has 0 saturated carbocycles. The monoisotopic (exact) mass is 205 g/mol. The molecule has 0 aliphatic carbocycles. The number of hydrogen-bond acceptors (Lipinski definition) is 3. The molecular weight excluding hydrogens is 186 g/mol. The number of hydrogen-bond donors (Lipinski definition) is 0. The van der Waals surface area contributed by atoms with Crippen LogP contribution in [-0.4, -0.2) is 42.8 Å². The summed E-state index contributed by atoms with van der Waals surface area (Å²) in [5, 5.41) is 0. The average Bonchev–Trinajstić information content (AvgIpc) is 2.25. The van der Waals surface area contributed by atoms with Crippen LogP contribution in [0.1, 0.15) is 19.0 Å². The Balaban J connectivity index is 2.40. The lowest BCUT2D eigenvalue weighted by Crippen LogP contribution is -2.14. The molecule has 0 N–H and O–H groups in total. The zero-order valence-electron chi connectivity index (χ0n) is 9.77. The van der Waals surface area contributed by atoms with E-state index in [1.54, 1.807) is 6.20 Å². The average molecular weight is 205 g/mol. The van der Waals surface area contributed by atoms with Crippen LogP contribution in [0.25, 0.3) is 0 Å². The molecule has 3 nitrogen and oxygen atoms in total. The van der Waals surface area contributed by atoms with Gasteiger partial charge in [-0.15, -0.1) is 0 Å². The summed E-state index contributed by atoms with van der Waals surface area (Å²) < 4.78 is 0. The number of nitrogens with zero attached hydrogens (tertiary/aromatic N) is 3. The molecule has 0 aliphatic heterocycles. The Labute approximate surface area is 91.9 Å². The van der Waals surface area contributed by atoms with Crippen LogP contribution in [0.3, 0.4) is 0 Å². The van der Waals surface area contributed by atoms with Crippen LogP contribution in [0.2, 0.25) is 0 Å². The van der Waals surface area contributed by atoms with Gasteiger partial charge in [-0.2, -0.15) is 0 Å². The van der Waals surface area contributed by atoms with Gasteiger partial charge in [0.1, 0.15) is 0 Å². The Morgan fingerprint density at radius 3 is 2.80 bits per heavy atom. The van der Waals surface area contributed by atoms with Crippen molar-refractivity contribution in [1.82, 2.24) is 9.88 Å². The van der Waals surface area contributed by atoms with E-state index >= 15 is 0 Å². The number of aliphatic imine (C=N–C) groups is 1. The van der Waals surface area contributed by atoms with Crippen molar-refractivity contribution in [1.29, 1.82) is 0 Å². The first-order chi connectivity index (χ1) is 7.20. The molecule has 0 aliphatic rings. The summed E-state index contributed by atoms with van der Waals surface area (Å²) in [6.45, 7) is 3.97. The highest BCUT2D eigenvalue weighted by Crippen LogP contribution is 1.97. The van der Waals surface area contributed by atoms with E-state index in [0.717, 1.165) is 30.9 Å². The molecule has 1 aromatic rings. The maximum absolute atomic E-state index is 4.49. The molecule has 3 heteroatoms. The third-order valence-corrected chi connectivity index (χ3v) is 2.15. The second-order valence-corrected chi connectivity index (χ2v) is 3.84. The van der Waals surface area contributed by atoms with Crippen molar-refractivity contribution < 1.29 is 0 Å². The van der Waals surface area contributed by atoms with E-state index in [-0.39, 0.29) is 0 Å². The standard InChI is InChI=1S/C12H19N3/c1-11(12-7-4-5-8-14-12)13-9-6-10-15(2)3/h4-5,7-8H,6,9-10H2,1-3H3. The Bertz CT molecular complexity index is 304. The largest absolute Gasteiger partial charge is 0.309 e. The number of pyridine rings is 1. The molecule has 0 atom stereocenters. The fraction of sp³-hybridized carbons (Fsp3) is 0.500. The molecule has 82 valence electrons. The summed E-state index contributed by atoms with van der Waals surface area (Å²) in [5.74, 6) is 0. The highest BCUT2D eigenvalue weighted by Gasteiger charge is 1.96. The summed E-state index contributed by atoms with van der Waals surface area (Å²) in [6.07, 6.45) is 2.89. The van der Waals surface area contributed by atoms with Crippen LogP contribution in [0.5, 0.6) is 0 Å². The second-order valence-electron chi connectivity index (χ2n) is 3.84. The van der Waals surface area contributed by atoms with E-state index in [1.807, 2.05) is 25.1 Å². The van der Waals surface area contributed by atoms with Gasteiger partial charge in [-0.1, -0.05) is 6.07 Å². The van der Waals surface area contributed by atoms with Crippen LogP contribution >= 0.6 is 0 Å². The van der Waals surface area contributed by atoms with Gasteiger partial charge in [0.2, 0.25) is 0 Å². The van der Waals surface area contributed by atoms with Gasteiger partial charge in [-0.25, -0.2) is 0 Å². The smallest absolute Gasteiger partial charge is 0.0836 e. The van der Waals surface area contributed by atoms with Gasteiger partial charge >= 0.3 is 0 Å². The minimum atomic E-state index is 0.876. The Morgan fingerprint density at radius 2 is 2.20 bits per heavy atom. The molecule has 0 saturated heterocycles. The molecule has 0 spiro atoms. The quantitative estimate of drug-likeness (QED) is 0.542. The maximum Gasteiger partial charge on any atom is 0.0836 e. The Kier molecular flexibility index (Phi) is 4.98. The van der Waals surface area contributed by atoms with Crippen molar-refractivity contribution in [3.8, 4) is 0 Å². The first kappa shape index (κ1) is 11.9. The summed E-state index contributed by atoms with van der Waals surface area (Å²) in [6, 6.07) is 5.90. The lowest BCUT2D eigenvalue weighted by molar-refractivity contribution is 0.403. The molecule has 0 bridgehead atoms. The minimum Gasteiger partial charge on any atom is -0.309 e. The fourth-order valence-corrected chi connectivity index (χ4v) is 1.29. The summed E-state index contributed by atoms with van der Waals surface area (Å²) in [7, 11) is 4.16. The van der Waals surface area contributed by atoms with E-state index in [1.165, 1.54) is 0 Å². The highest BCUT2D eigenvalue weighted by atomic mass is 15.0. The molecule has 15 heavy (non-hydrogen) atoms. The maximum atomic E-state index is 4.49. The summed E-state index contributed by atoms with van der Waals surface area (Å²) >= 11 is 0. The van der Waals surface area contributed by atoms with Crippen molar-refractivity contribution in [2.24, 2.45) is 4.99 Å².